The van der Waals surface area contributed by atoms with Gasteiger partial charge in [-0.05, 0) is 55.8 Å². The molecule has 0 saturated heterocycles. The number of H-pyrrole nitrogens is 1. The van der Waals surface area contributed by atoms with Crippen LogP contribution in [0.2, 0.25) is 0 Å². The monoisotopic (exact) mass is 530 g/mol. The molecule has 4 aromatic rings. The van der Waals surface area contributed by atoms with Crippen molar-refractivity contribution in [2.75, 3.05) is 22.9 Å². The topological polar surface area (TPSA) is 130 Å². The van der Waals surface area contributed by atoms with E-state index in [0.717, 1.165) is 22.2 Å². The van der Waals surface area contributed by atoms with Crippen molar-refractivity contribution in [1.82, 2.24) is 9.97 Å². The molecule has 0 saturated carbocycles. The fourth-order valence-electron chi connectivity index (χ4n) is 3.28. The summed E-state index contributed by atoms with van der Waals surface area (Å²) in [5.41, 5.74) is 1.45. The average Bonchev–Trinajstić information content (AvgIpc) is 3.11. The number of para-hydroxylation sites is 2. The van der Waals surface area contributed by atoms with Crippen LogP contribution in [0.25, 0.3) is 10.2 Å². The zero-order valence-corrected chi connectivity index (χ0v) is 21.5. The Labute approximate surface area is 210 Å². The third-order valence-corrected chi connectivity index (χ3v) is 8.51. The summed E-state index contributed by atoms with van der Waals surface area (Å²) in [6, 6.07) is 12.5. The van der Waals surface area contributed by atoms with E-state index in [2.05, 4.69) is 20.0 Å². The Morgan fingerprint density at radius 2 is 1.86 bits per heavy atom. The highest BCUT2D eigenvalue weighted by Gasteiger charge is 2.17. The lowest BCUT2D eigenvalue weighted by molar-refractivity contribution is -0.113. The summed E-state index contributed by atoms with van der Waals surface area (Å²) in [6.45, 7) is 3.82. The van der Waals surface area contributed by atoms with Crippen LogP contribution >= 0.6 is 23.1 Å². The van der Waals surface area contributed by atoms with Gasteiger partial charge in [0.15, 0.2) is 5.16 Å². The number of hydrogen-bond acceptors (Lipinski definition) is 8. The minimum absolute atomic E-state index is 0.0210. The number of aromatic nitrogens is 2. The Kier molecular flexibility index (Phi) is 7.15. The van der Waals surface area contributed by atoms with E-state index in [0.29, 0.717) is 32.5 Å². The number of benzene rings is 2. The number of aryl methyl sites for hydroxylation is 2. The summed E-state index contributed by atoms with van der Waals surface area (Å²) in [5.74, 6) is 0.100. The Hall–Kier alpha value is -3.35. The van der Waals surface area contributed by atoms with Gasteiger partial charge in [-0.15, -0.1) is 11.3 Å². The van der Waals surface area contributed by atoms with E-state index >= 15 is 0 Å². The number of fused-ring (bicyclic) bond motifs is 1. The molecule has 0 spiro atoms. The normalized spacial score (nSPS) is 11.4. The second-order valence-electron chi connectivity index (χ2n) is 7.50. The van der Waals surface area contributed by atoms with Gasteiger partial charge in [-0.25, -0.2) is 13.4 Å². The van der Waals surface area contributed by atoms with E-state index in [1.54, 1.807) is 24.3 Å². The van der Waals surface area contributed by atoms with E-state index in [1.165, 1.54) is 42.7 Å². The summed E-state index contributed by atoms with van der Waals surface area (Å²) in [6.07, 6.45) is 0. The Balaban J connectivity index is 1.39. The zero-order chi connectivity index (χ0) is 25.2. The lowest BCUT2D eigenvalue weighted by Gasteiger charge is -2.12. The van der Waals surface area contributed by atoms with Crippen LogP contribution in [0.5, 0.6) is 5.75 Å². The minimum atomic E-state index is -3.85. The fraction of sp³-hybridized carbons (Fsp3) is 0.174. The van der Waals surface area contributed by atoms with E-state index in [4.69, 9.17) is 4.74 Å². The van der Waals surface area contributed by atoms with Crippen LogP contribution < -0.4 is 20.3 Å². The van der Waals surface area contributed by atoms with Crippen molar-refractivity contribution in [3.05, 3.63) is 69.3 Å². The molecule has 2 aromatic carbocycles. The first-order chi connectivity index (χ1) is 16.7. The largest absolute Gasteiger partial charge is 0.495 e. The standard InChI is InChI=1S/C23H22N4O5S3/c1-13-14(2)34-22-20(13)21(29)25-23(26-22)33-12-19(28)24-15-8-10-16(11-9-15)35(30,31)27-17-6-4-5-7-18(17)32-3/h4-11,27H,12H2,1-3H3,(H,24,28)(H,25,26,29). The highest BCUT2D eigenvalue weighted by molar-refractivity contribution is 7.99. The first-order valence-corrected chi connectivity index (χ1v) is 13.6. The molecule has 0 unspecified atom stereocenters. The molecule has 0 aliphatic rings. The molecular formula is C23H22N4O5S3. The molecular weight excluding hydrogens is 508 g/mol. The molecule has 3 N–H and O–H groups in total. The molecule has 9 nitrogen and oxygen atoms in total. The van der Waals surface area contributed by atoms with Gasteiger partial charge in [0.1, 0.15) is 10.6 Å². The zero-order valence-electron chi connectivity index (χ0n) is 19.0. The number of hydrogen-bond donors (Lipinski definition) is 3. The van der Waals surface area contributed by atoms with Gasteiger partial charge in [-0.1, -0.05) is 23.9 Å². The molecule has 0 aliphatic heterocycles. The number of amides is 1. The van der Waals surface area contributed by atoms with Crippen molar-refractivity contribution in [3.8, 4) is 5.75 Å². The lowest BCUT2D eigenvalue weighted by atomic mass is 10.2. The van der Waals surface area contributed by atoms with Gasteiger partial charge in [0, 0.05) is 10.6 Å². The quantitative estimate of drug-likeness (QED) is 0.231. The van der Waals surface area contributed by atoms with Crippen LogP contribution in [0, 0.1) is 13.8 Å². The first kappa shape index (κ1) is 24.8. The highest BCUT2D eigenvalue weighted by atomic mass is 32.2. The van der Waals surface area contributed by atoms with E-state index < -0.39 is 10.0 Å². The molecule has 2 heterocycles. The number of thioether (sulfide) groups is 1. The predicted octanol–water partition coefficient (Wildman–Crippen LogP) is 4.14. The van der Waals surface area contributed by atoms with Gasteiger partial charge in [-0.3, -0.25) is 14.3 Å². The molecule has 182 valence electrons. The van der Waals surface area contributed by atoms with E-state index in [-0.39, 0.29) is 22.1 Å². The number of nitrogens with one attached hydrogen (secondary N) is 3. The Morgan fingerprint density at radius 3 is 2.57 bits per heavy atom. The van der Waals surface area contributed by atoms with Crippen molar-refractivity contribution < 1.29 is 17.9 Å². The van der Waals surface area contributed by atoms with Crippen LogP contribution in [0.15, 0.2) is 63.4 Å². The van der Waals surface area contributed by atoms with Crippen LogP contribution in [0.3, 0.4) is 0 Å². The van der Waals surface area contributed by atoms with Crippen molar-refractivity contribution in [2.45, 2.75) is 23.9 Å². The average molecular weight is 531 g/mol. The number of methoxy groups -OCH3 is 1. The summed E-state index contributed by atoms with van der Waals surface area (Å²) in [7, 11) is -2.39. The summed E-state index contributed by atoms with van der Waals surface area (Å²) < 4.78 is 33.1. The number of ether oxygens (including phenoxy) is 1. The third kappa shape index (κ3) is 5.50. The summed E-state index contributed by atoms with van der Waals surface area (Å²) in [4.78, 5) is 33.6. The van der Waals surface area contributed by atoms with Gasteiger partial charge in [0.25, 0.3) is 15.6 Å². The molecule has 4 rings (SSSR count). The van der Waals surface area contributed by atoms with Crippen molar-refractivity contribution in [1.29, 1.82) is 0 Å². The number of carbonyl (C=O) groups excluding carboxylic acids is 1. The molecule has 12 heteroatoms. The van der Waals surface area contributed by atoms with Gasteiger partial charge in [0.05, 0.1) is 28.8 Å². The lowest BCUT2D eigenvalue weighted by Crippen LogP contribution is -2.16. The molecule has 1 amide bonds. The molecule has 35 heavy (non-hydrogen) atoms. The SMILES string of the molecule is COc1ccccc1NS(=O)(=O)c1ccc(NC(=O)CSc2nc3sc(C)c(C)c3c(=O)[nH]2)cc1. The molecule has 0 fully saturated rings. The number of anilines is 2. The summed E-state index contributed by atoms with van der Waals surface area (Å²) in [5, 5.41) is 3.66. The van der Waals surface area contributed by atoms with Gasteiger partial charge in [-0.2, -0.15) is 0 Å². The molecule has 0 aliphatic carbocycles. The van der Waals surface area contributed by atoms with Crippen molar-refractivity contribution in [2.24, 2.45) is 0 Å². The minimum Gasteiger partial charge on any atom is -0.495 e. The fourth-order valence-corrected chi connectivity index (χ4v) is 6.10. The third-order valence-electron chi connectivity index (χ3n) is 5.16. The first-order valence-electron chi connectivity index (χ1n) is 10.4. The number of aromatic amines is 1. The van der Waals surface area contributed by atoms with E-state index in [1.807, 2.05) is 13.8 Å². The van der Waals surface area contributed by atoms with Crippen LogP contribution in [-0.4, -0.2) is 37.2 Å². The highest BCUT2D eigenvalue weighted by Crippen LogP contribution is 2.28. The maximum atomic E-state index is 12.7. The molecule has 0 radical (unpaired) electrons. The number of thiophene rings is 1. The van der Waals surface area contributed by atoms with Gasteiger partial charge < -0.3 is 15.0 Å². The number of carbonyl (C=O) groups is 1. The number of rotatable bonds is 8. The number of nitrogens with zero attached hydrogens (tertiary/aromatic N) is 1. The second kappa shape index (κ2) is 10.1. The Bertz CT molecular complexity index is 1560. The van der Waals surface area contributed by atoms with Crippen molar-refractivity contribution >= 4 is 60.6 Å². The van der Waals surface area contributed by atoms with Crippen molar-refractivity contribution in [3.63, 3.8) is 0 Å². The second-order valence-corrected chi connectivity index (χ2v) is 11.4. The predicted molar refractivity (Wildman–Crippen MR) is 139 cm³/mol. The van der Waals surface area contributed by atoms with Crippen LogP contribution in [-0.2, 0) is 14.8 Å². The van der Waals surface area contributed by atoms with Gasteiger partial charge >= 0.3 is 0 Å². The molecule has 0 bridgehead atoms. The smallest absolute Gasteiger partial charge is 0.262 e. The Morgan fingerprint density at radius 1 is 1.14 bits per heavy atom. The summed E-state index contributed by atoms with van der Waals surface area (Å²) >= 11 is 2.56. The maximum absolute atomic E-state index is 12.7. The maximum Gasteiger partial charge on any atom is 0.262 e. The van der Waals surface area contributed by atoms with Gasteiger partial charge in [0.2, 0.25) is 5.91 Å². The number of sulfonamides is 1. The van der Waals surface area contributed by atoms with Crippen LogP contribution in [0.1, 0.15) is 10.4 Å². The molecule has 2 aromatic heterocycles. The molecule has 0 atom stereocenters. The van der Waals surface area contributed by atoms with Crippen LogP contribution in [0.4, 0.5) is 11.4 Å². The van der Waals surface area contributed by atoms with E-state index in [9.17, 15) is 18.0 Å².